The molecule has 6 nitrogen and oxygen atoms in total. The third-order valence-corrected chi connectivity index (χ3v) is 2.06. The van der Waals surface area contributed by atoms with E-state index in [1.165, 1.54) is 6.33 Å². The van der Waals surface area contributed by atoms with Gasteiger partial charge in [-0.05, 0) is 6.42 Å². The lowest BCUT2D eigenvalue weighted by Crippen LogP contribution is -2.08. The molecule has 0 aliphatic heterocycles. The maximum absolute atomic E-state index is 8.69. The standard InChI is InChI=1S/C11H19N3O3/c1-3-5-12-10-9(16-2)11(14-8-13-10)17-7-4-6-15/h8,15H,3-7H2,1-2H3,(H,12,13,14). The Kier molecular flexibility index (Phi) is 6.09. The van der Waals surface area contributed by atoms with Crippen LogP contribution >= 0.6 is 0 Å². The number of anilines is 1. The predicted molar refractivity (Wildman–Crippen MR) is 64.6 cm³/mol. The fraction of sp³-hybridized carbons (Fsp3) is 0.636. The van der Waals surface area contributed by atoms with Crippen molar-refractivity contribution in [2.75, 3.05) is 32.2 Å². The molecule has 1 aromatic heterocycles. The second-order valence-corrected chi connectivity index (χ2v) is 3.41. The number of aliphatic hydroxyl groups is 1. The lowest BCUT2D eigenvalue weighted by atomic mass is 10.4. The highest BCUT2D eigenvalue weighted by molar-refractivity contribution is 5.54. The van der Waals surface area contributed by atoms with Crippen LogP contribution in [0.2, 0.25) is 0 Å². The normalized spacial score (nSPS) is 10.1. The van der Waals surface area contributed by atoms with Crippen LogP contribution in [-0.4, -0.2) is 41.9 Å². The van der Waals surface area contributed by atoms with Crippen LogP contribution in [0, 0.1) is 0 Å². The zero-order valence-corrected chi connectivity index (χ0v) is 10.3. The highest BCUT2D eigenvalue weighted by atomic mass is 16.5. The Balaban J connectivity index is 2.74. The second kappa shape index (κ2) is 7.67. The molecular formula is C11H19N3O3. The van der Waals surface area contributed by atoms with Gasteiger partial charge in [-0.2, -0.15) is 4.98 Å². The van der Waals surface area contributed by atoms with Crippen molar-refractivity contribution in [1.82, 2.24) is 9.97 Å². The molecular weight excluding hydrogens is 222 g/mol. The van der Waals surface area contributed by atoms with Crippen LogP contribution < -0.4 is 14.8 Å². The number of methoxy groups -OCH3 is 1. The molecule has 0 amide bonds. The van der Waals surface area contributed by atoms with Gasteiger partial charge >= 0.3 is 0 Å². The van der Waals surface area contributed by atoms with Gasteiger partial charge in [0.05, 0.1) is 13.7 Å². The van der Waals surface area contributed by atoms with Crippen molar-refractivity contribution in [3.8, 4) is 11.6 Å². The molecule has 1 heterocycles. The molecule has 0 spiro atoms. The topological polar surface area (TPSA) is 76.5 Å². The van der Waals surface area contributed by atoms with Gasteiger partial charge < -0.3 is 19.9 Å². The van der Waals surface area contributed by atoms with Gasteiger partial charge in [0.2, 0.25) is 5.75 Å². The van der Waals surface area contributed by atoms with Crippen LogP contribution in [0.1, 0.15) is 19.8 Å². The molecule has 0 aliphatic carbocycles. The SMILES string of the molecule is CCCNc1ncnc(OCCCO)c1OC. The average molecular weight is 241 g/mol. The molecule has 0 aromatic carbocycles. The Morgan fingerprint density at radius 1 is 1.41 bits per heavy atom. The first-order chi connectivity index (χ1) is 8.33. The zero-order chi connectivity index (χ0) is 12.5. The fourth-order valence-electron chi connectivity index (χ4n) is 1.25. The van der Waals surface area contributed by atoms with E-state index in [0.717, 1.165) is 13.0 Å². The van der Waals surface area contributed by atoms with E-state index in [4.69, 9.17) is 14.6 Å². The zero-order valence-electron chi connectivity index (χ0n) is 10.3. The molecule has 2 N–H and O–H groups in total. The van der Waals surface area contributed by atoms with E-state index in [-0.39, 0.29) is 6.61 Å². The third kappa shape index (κ3) is 4.07. The van der Waals surface area contributed by atoms with E-state index < -0.39 is 0 Å². The summed E-state index contributed by atoms with van der Waals surface area (Å²) in [6.45, 7) is 3.37. The minimum atomic E-state index is 0.0916. The lowest BCUT2D eigenvalue weighted by Gasteiger charge is -2.12. The van der Waals surface area contributed by atoms with Crippen molar-refractivity contribution in [3.63, 3.8) is 0 Å². The summed E-state index contributed by atoms with van der Waals surface area (Å²) >= 11 is 0. The van der Waals surface area contributed by atoms with Gasteiger partial charge in [-0.1, -0.05) is 6.92 Å². The van der Waals surface area contributed by atoms with E-state index in [1.807, 2.05) is 0 Å². The van der Waals surface area contributed by atoms with E-state index in [1.54, 1.807) is 7.11 Å². The quantitative estimate of drug-likeness (QED) is 0.663. The van der Waals surface area contributed by atoms with Crippen LogP contribution in [0.4, 0.5) is 5.82 Å². The highest BCUT2D eigenvalue weighted by Gasteiger charge is 2.12. The minimum absolute atomic E-state index is 0.0916. The van der Waals surface area contributed by atoms with E-state index in [9.17, 15) is 0 Å². The number of nitrogens with one attached hydrogen (secondary N) is 1. The van der Waals surface area contributed by atoms with Gasteiger partial charge in [0.15, 0.2) is 5.82 Å². The summed E-state index contributed by atoms with van der Waals surface area (Å²) in [6.07, 6.45) is 2.98. The number of ether oxygens (including phenoxy) is 2. The molecule has 0 radical (unpaired) electrons. The Morgan fingerprint density at radius 3 is 2.88 bits per heavy atom. The molecule has 0 unspecified atom stereocenters. The Bertz CT molecular complexity index is 334. The number of nitrogens with zero attached hydrogens (tertiary/aromatic N) is 2. The number of hydrogen-bond donors (Lipinski definition) is 2. The smallest absolute Gasteiger partial charge is 0.262 e. The molecule has 0 atom stereocenters. The summed E-state index contributed by atoms with van der Waals surface area (Å²) in [4.78, 5) is 8.11. The van der Waals surface area contributed by atoms with Crippen molar-refractivity contribution in [1.29, 1.82) is 0 Å². The largest absolute Gasteiger partial charge is 0.489 e. The molecule has 0 aliphatic rings. The van der Waals surface area contributed by atoms with Gasteiger partial charge in [-0.15, -0.1) is 0 Å². The number of aliphatic hydroxyl groups excluding tert-OH is 1. The van der Waals surface area contributed by atoms with Crippen LogP contribution in [-0.2, 0) is 0 Å². The van der Waals surface area contributed by atoms with E-state index in [2.05, 4.69) is 22.2 Å². The van der Waals surface area contributed by atoms with Crippen LogP contribution in [0.5, 0.6) is 11.6 Å². The molecule has 0 fully saturated rings. The van der Waals surface area contributed by atoms with Crippen molar-refractivity contribution in [2.45, 2.75) is 19.8 Å². The summed E-state index contributed by atoms with van der Waals surface area (Å²) in [5.74, 6) is 1.52. The Labute approximate surface area is 101 Å². The lowest BCUT2D eigenvalue weighted by molar-refractivity contribution is 0.223. The molecule has 96 valence electrons. The molecule has 0 saturated heterocycles. The minimum Gasteiger partial charge on any atom is -0.489 e. The Morgan fingerprint density at radius 2 is 2.24 bits per heavy atom. The van der Waals surface area contributed by atoms with Gasteiger partial charge in [0, 0.05) is 19.6 Å². The van der Waals surface area contributed by atoms with E-state index in [0.29, 0.717) is 30.5 Å². The third-order valence-electron chi connectivity index (χ3n) is 2.06. The fourth-order valence-corrected chi connectivity index (χ4v) is 1.25. The van der Waals surface area contributed by atoms with Crippen LogP contribution in [0.3, 0.4) is 0 Å². The molecule has 17 heavy (non-hydrogen) atoms. The molecule has 6 heteroatoms. The van der Waals surface area contributed by atoms with Gasteiger partial charge in [0.25, 0.3) is 5.88 Å². The first-order valence-electron chi connectivity index (χ1n) is 5.70. The van der Waals surface area contributed by atoms with E-state index >= 15 is 0 Å². The maximum atomic E-state index is 8.69. The summed E-state index contributed by atoms with van der Waals surface area (Å²) < 4.78 is 10.6. The summed E-state index contributed by atoms with van der Waals surface area (Å²) in [5, 5.41) is 11.8. The van der Waals surface area contributed by atoms with Crippen molar-refractivity contribution in [2.24, 2.45) is 0 Å². The molecule has 0 saturated carbocycles. The van der Waals surface area contributed by atoms with Crippen LogP contribution in [0.25, 0.3) is 0 Å². The monoisotopic (exact) mass is 241 g/mol. The van der Waals surface area contributed by atoms with Gasteiger partial charge in [-0.25, -0.2) is 4.98 Å². The van der Waals surface area contributed by atoms with Crippen molar-refractivity contribution >= 4 is 5.82 Å². The molecule has 0 bridgehead atoms. The van der Waals surface area contributed by atoms with Gasteiger partial charge in [-0.3, -0.25) is 0 Å². The molecule has 1 aromatic rings. The van der Waals surface area contributed by atoms with Crippen LogP contribution in [0.15, 0.2) is 6.33 Å². The highest BCUT2D eigenvalue weighted by Crippen LogP contribution is 2.30. The summed E-state index contributed by atoms with van der Waals surface area (Å²) in [6, 6.07) is 0. The first kappa shape index (κ1) is 13.5. The number of hydrogen-bond acceptors (Lipinski definition) is 6. The number of rotatable bonds is 8. The summed E-state index contributed by atoms with van der Waals surface area (Å²) in [5.41, 5.74) is 0. The van der Waals surface area contributed by atoms with Crippen molar-refractivity contribution in [3.05, 3.63) is 6.33 Å². The van der Waals surface area contributed by atoms with Crippen molar-refractivity contribution < 1.29 is 14.6 Å². The second-order valence-electron chi connectivity index (χ2n) is 3.41. The number of aromatic nitrogens is 2. The molecule has 1 rings (SSSR count). The summed E-state index contributed by atoms with van der Waals surface area (Å²) in [7, 11) is 1.55. The predicted octanol–water partition coefficient (Wildman–Crippen LogP) is 1.07. The Hall–Kier alpha value is -1.56. The maximum Gasteiger partial charge on any atom is 0.262 e. The first-order valence-corrected chi connectivity index (χ1v) is 5.70. The average Bonchev–Trinajstić information content (AvgIpc) is 2.36. The van der Waals surface area contributed by atoms with Gasteiger partial charge in [0.1, 0.15) is 6.33 Å².